The van der Waals surface area contributed by atoms with Gasteiger partial charge in [-0.2, -0.15) is 4.31 Å². The van der Waals surface area contributed by atoms with Crippen LogP contribution in [0.3, 0.4) is 0 Å². The van der Waals surface area contributed by atoms with Gasteiger partial charge in [0, 0.05) is 12.6 Å². The van der Waals surface area contributed by atoms with Gasteiger partial charge in [-0.3, -0.25) is 0 Å². The second kappa shape index (κ2) is 5.94. The number of carboxylic acid groups (broad SMARTS) is 1. The predicted octanol–water partition coefficient (Wildman–Crippen LogP) is 2.85. The summed E-state index contributed by atoms with van der Waals surface area (Å²) in [4.78, 5) is 10.9. The molecular weight excluding hydrogens is 314 g/mol. The number of carboxylic acids is 1. The zero-order valence-electron chi connectivity index (χ0n) is 11.9. The Morgan fingerprint density at radius 2 is 2.05 bits per heavy atom. The maximum absolute atomic E-state index is 12.7. The Hall–Kier alpha value is -1.11. The minimum Gasteiger partial charge on any atom is -0.478 e. The lowest BCUT2D eigenvalue weighted by Gasteiger charge is -2.35. The first kappa shape index (κ1) is 16.3. The number of rotatable bonds is 3. The highest BCUT2D eigenvalue weighted by atomic mass is 35.5. The maximum Gasteiger partial charge on any atom is 0.335 e. The third kappa shape index (κ3) is 3.22. The van der Waals surface area contributed by atoms with Crippen molar-refractivity contribution in [1.82, 2.24) is 4.31 Å². The first-order chi connectivity index (χ1) is 9.73. The smallest absolute Gasteiger partial charge is 0.335 e. The lowest BCUT2D eigenvalue weighted by molar-refractivity contribution is 0.0696. The molecule has 0 spiro atoms. The van der Waals surface area contributed by atoms with Crippen LogP contribution in [0.15, 0.2) is 23.1 Å². The zero-order valence-corrected chi connectivity index (χ0v) is 13.5. The molecule has 0 bridgehead atoms. The summed E-state index contributed by atoms with van der Waals surface area (Å²) < 4.78 is 26.9. The van der Waals surface area contributed by atoms with Crippen molar-refractivity contribution in [2.75, 3.05) is 6.54 Å². The Morgan fingerprint density at radius 3 is 2.62 bits per heavy atom. The predicted molar refractivity (Wildman–Crippen MR) is 80.2 cm³/mol. The number of nitrogens with zero attached hydrogens (tertiary/aromatic N) is 1. The average Bonchev–Trinajstić information content (AvgIpc) is 2.38. The number of aromatic carboxylic acids is 1. The number of hydrogen-bond acceptors (Lipinski definition) is 3. The average molecular weight is 332 g/mol. The fourth-order valence-electron chi connectivity index (χ4n) is 2.70. The fraction of sp³-hybridized carbons (Fsp3) is 0.500. The Kier molecular flexibility index (Phi) is 4.60. The lowest BCUT2D eigenvalue weighted by Crippen LogP contribution is -2.44. The van der Waals surface area contributed by atoms with Crippen LogP contribution < -0.4 is 0 Å². The van der Waals surface area contributed by atoms with E-state index < -0.39 is 16.0 Å². The van der Waals surface area contributed by atoms with E-state index in [1.165, 1.54) is 16.4 Å². The van der Waals surface area contributed by atoms with Gasteiger partial charge in [-0.1, -0.05) is 18.5 Å². The molecule has 0 radical (unpaired) electrons. The molecule has 1 aliphatic rings. The quantitative estimate of drug-likeness (QED) is 0.924. The summed E-state index contributed by atoms with van der Waals surface area (Å²) in [5, 5.41) is 9.06. The molecule has 7 heteroatoms. The van der Waals surface area contributed by atoms with Crippen LogP contribution in [-0.4, -0.2) is 36.4 Å². The molecule has 1 N–H and O–H groups in total. The molecular formula is C14H18ClNO4S. The molecule has 116 valence electrons. The molecule has 21 heavy (non-hydrogen) atoms. The largest absolute Gasteiger partial charge is 0.478 e. The SMILES string of the molecule is CC1CCN(S(=O)(=O)c2cc(C(=O)O)ccc2Cl)C(C)C1. The van der Waals surface area contributed by atoms with Crippen LogP contribution in [0.4, 0.5) is 0 Å². The second-order valence-corrected chi connectivity index (χ2v) is 7.81. The minimum atomic E-state index is -3.78. The monoisotopic (exact) mass is 331 g/mol. The van der Waals surface area contributed by atoms with E-state index in [-0.39, 0.29) is 21.5 Å². The van der Waals surface area contributed by atoms with Crippen LogP contribution in [0, 0.1) is 5.92 Å². The van der Waals surface area contributed by atoms with Crippen LogP contribution >= 0.6 is 11.6 Å². The van der Waals surface area contributed by atoms with E-state index in [9.17, 15) is 13.2 Å². The number of sulfonamides is 1. The van der Waals surface area contributed by atoms with Crippen molar-refractivity contribution in [2.24, 2.45) is 5.92 Å². The first-order valence-corrected chi connectivity index (χ1v) is 8.60. The molecule has 2 atom stereocenters. The first-order valence-electron chi connectivity index (χ1n) is 6.78. The summed E-state index contributed by atoms with van der Waals surface area (Å²) in [5.74, 6) is -0.698. The molecule has 0 amide bonds. The number of benzene rings is 1. The van der Waals surface area contributed by atoms with Gasteiger partial charge in [-0.05, 0) is 43.9 Å². The topological polar surface area (TPSA) is 74.7 Å². The molecule has 5 nitrogen and oxygen atoms in total. The maximum atomic E-state index is 12.7. The van der Waals surface area contributed by atoms with Crippen molar-refractivity contribution >= 4 is 27.6 Å². The van der Waals surface area contributed by atoms with E-state index in [4.69, 9.17) is 16.7 Å². The van der Waals surface area contributed by atoms with Crippen LogP contribution in [0.2, 0.25) is 5.02 Å². The van der Waals surface area contributed by atoms with Gasteiger partial charge in [-0.25, -0.2) is 13.2 Å². The molecule has 1 saturated heterocycles. The molecule has 1 aromatic carbocycles. The Bertz CT molecular complexity index is 659. The van der Waals surface area contributed by atoms with Crippen molar-refractivity contribution in [3.63, 3.8) is 0 Å². The van der Waals surface area contributed by atoms with Gasteiger partial charge < -0.3 is 5.11 Å². The standard InChI is InChI=1S/C14H18ClNO4S/c1-9-5-6-16(10(2)7-9)21(19,20)13-8-11(14(17)18)3-4-12(13)15/h3-4,8-10H,5-7H2,1-2H3,(H,17,18). The van der Waals surface area contributed by atoms with Crippen LogP contribution in [-0.2, 0) is 10.0 Å². The second-order valence-electron chi connectivity index (χ2n) is 5.54. The van der Waals surface area contributed by atoms with Crippen molar-refractivity contribution in [1.29, 1.82) is 0 Å². The van der Waals surface area contributed by atoms with Gasteiger partial charge in [0.2, 0.25) is 10.0 Å². The zero-order chi connectivity index (χ0) is 15.8. The Balaban J connectivity index is 2.44. The van der Waals surface area contributed by atoms with Crippen molar-refractivity contribution in [2.45, 2.75) is 37.6 Å². The summed E-state index contributed by atoms with van der Waals surface area (Å²) in [6.45, 7) is 4.39. The number of piperidine rings is 1. The van der Waals surface area contributed by atoms with Crippen molar-refractivity contribution in [3.8, 4) is 0 Å². The van der Waals surface area contributed by atoms with Crippen molar-refractivity contribution < 1.29 is 18.3 Å². The normalized spacial score (nSPS) is 24.0. The van der Waals surface area contributed by atoms with Crippen LogP contribution in [0.5, 0.6) is 0 Å². The highest BCUT2D eigenvalue weighted by Crippen LogP contribution is 2.31. The van der Waals surface area contributed by atoms with Gasteiger partial charge in [0.25, 0.3) is 0 Å². The minimum absolute atomic E-state index is 0.0471. The van der Waals surface area contributed by atoms with E-state index >= 15 is 0 Å². The molecule has 0 aromatic heterocycles. The van der Waals surface area contributed by atoms with E-state index in [0.29, 0.717) is 12.5 Å². The molecule has 1 aliphatic heterocycles. The van der Waals surface area contributed by atoms with Gasteiger partial charge in [0.15, 0.2) is 0 Å². The van der Waals surface area contributed by atoms with Crippen LogP contribution in [0.25, 0.3) is 0 Å². The number of carbonyl (C=O) groups is 1. The van der Waals surface area contributed by atoms with E-state index in [0.717, 1.165) is 18.9 Å². The Morgan fingerprint density at radius 1 is 1.38 bits per heavy atom. The molecule has 1 aromatic rings. The van der Waals surface area contributed by atoms with Gasteiger partial charge in [-0.15, -0.1) is 0 Å². The van der Waals surface area contributed by atoms with Gasteiger partial charge in [0.05, 0.1) is 10.6 Å². The van der Waals surface area contributed by atoms with Crippen LogP contribution in [0.1, 0.15) is 37.0 Å². The molecule has 0 aliphatic carbocycles. The summed E-state index contributed by atoms with van der Waals surface area (Å²) in [6, 6.07) is 3.62. The molecule has 2 unspecified atom stereocenters. The summed E-state index contributed by atoms with van der Waals surface area (Å²) in [5.41, 5.74) is -0.0870. The van der Waals surface area contributed by atoms with Gasteiger partial charge >= 0.3 is 5.97 Å². The molecule has 1 fully saturated rings. The lowest BCUT2D eigenvalue weighted by atomic mass is 9.95. The highest BCUT2D eigenvalue weighted by Gasteiger charge is 2.34. The van der Waals surface area contributed by atoms with E-state index in [1.807, 2.05) is 6.92 Å². The summed E-state index contributed by atoms with van der Waals surface area (Å²) in [7, 11) is -3.78. The van der Waals surface area contributed by atoms with E-state index in [2.05, 4.69) is 6.92 Å². The summed E-state index contributed by atoms with van der Waals surface area (Å²) >= 11 is 5.98. The third-order valence-electron chi connectivity index (χ3n) is 3.84. The highest BCUT2D eigenvalue weighted by molar-refractivity contribution is 7.89. The van der Waals surface area contributed by atoms with Crippen molar-refractivity contribution in [3.05, 3.63) is 28.8 Å². The molecule has 1 heterocycles. The van der Waals surface area contributed by atoms with Gasteiger partial charge in [0.1, 0.15) is 4.90 Å². The number of halogens is 1. The summed E-state index contributed by atoms with van der Waals surface area (Å²) in [6.07, 6.45) is 1.58. The Labute approximate surface area is 129 Å². The number of hydrogen-bond donors (Lipinski definition) is 1. The molecule has 2 rings (SSSR count). The molecule has 0 saturated carbocycles. The third-order valence-corrected chi connectivity index (χ3v) is 6.34. The fourth-order valence-corrected chi connectivity index (χ4v) is 4.86. The van der Waals surface area contributed by atoms with E-state index in [1.54, 1.807) is 0 Å².